The topological polar surface area (TPSA) is 72.5 Å². The number of benzene rings is 1. The van der Waals surface area contributed by atoms with Gasteiger partial charge in [0.15, 0.2) is 0 Å². The summed E-state index contributed by atoms with van der Waals surface area (Å²) >= 11 is 3.37. The summed E-state index contributed by atoms with van der Waals surface area (Å²) in [6, 6.07) is 5.74. The SMILES string of the molecule is N[C@@H](Cc1ccc(O)cc1)C(=O)OS. The monoisotopic (exact) mass is 213 g/mol. The molecule has 1 rings (SSSR count). The third-order valence-corrected chi connectivity index (χ3v) is 1.96. The Morgan fingerprint density at radius 3 is 2.57 bits per heavy atom. The molecule has 0 heterocycles. The molecule has 5 heteroatoms. The molecule has 14 heavy (non-hydrogen) atoms. The Morgan fingerprint density at radius 2 is 2.07 bits per heavy atom. The summed E-state index contributed by atoms with van der Waals surface area (Å²) in [5.74, 6) is -0.388. The van der Waals surface area contributed by atoms with Crippen molar-refractivity contribution in [1.29, 1.82) is 0 Å². The second-order valence-electron chi connectivity index (χ2n) is 2.89. The van der Waals surface area contributed by atoms with Gasteiger partial charge in [0.2, 0.25) is 0 Å². The highest BCUT2D eigenvalue weighted by Crippen LogP contribution is 2.11. The van der Waals surface area contributed by atoms with Gasteiger partial charge in [0, 0.05) is 12.9 Å². The number of hydrogen-bond acceptors (Lipinski definition) is 5. The lowest BCUT2D eigenvalue weighted by atomic mass is 10.1. The van der Waals surface area contributed by atoms with E-state index in [0.29, 0.717) is 6.42 Å². The van der Waals surface area contributed by atoms with Crippen LogP contribution in [0, 0.1) is 0 Å². The Balaban J connectivity index is 2.60. The van der Waals surface area contributed by atoms with E-state index in [1.165, 1.54) is 12.1 Å². The minimum atomic E-state index is -0.725. The van der Waals surface area contributed by atoms with Gasteiger partial charge in [-0.2, -0.15) is 0 Å². The molecule has 3 N–H and O–H groups in total. The molecule has 0 amide bonds. The van der Waals surface area contributed by atoms with E-state index in [1.807, 2.05) is 0 Å². The number of rotatable bonds is 3. The fourth-order valence-electron chi connectivity index (χ4n) is 1.04. The second kappa shape index (κ2) is 4.88. The van der Waals surface area contributed by atoms with Gasteiger partial charge in [-0.3, -0.25) is 0 Å². The number of carbonyl (C=O) groups is 1. The number of carbonyl (C=O) groups excluding carboxylic acids is 1. The lowest BCUT2D eigenvalue weighted by Gasteiger charge is -2.07. The molecule has 0 saturated heterocycles. The Morgan fingerprint density at radius 1 is 1.50 bits per heavy atom. The quantitative estimate of drug-likeness (QED) is 0.509. The predicted octanol–water partition coefficient (Wildman–Crippen LogP) is 0.650. The van der Waals surface area contributed by atoms with Crippen molar-refractivity contribution in [1.82, 2.24) is 0 Å². The van der Waals surface area contributed by atoms with Gasteiger partial charge in [-0.1, -0.05) is 12.1 Å². The van der Waals surface area contributed by atoms with E-state index in [1.54, 1.807) is 12.1 Å². The summed E-state index contributed by atoms with van der Waals surface area (Å²) in [7, 11) is 0. The fourth-order valence-corrected chi connectivity index (χ4v) is 1.17. The molecule has 76 valence electrons. The molecule has 1 atom stereocenters. The van der Waals surface area contributed by atoms with Gasteiger partial charge in [-0.05, 0) is 24.1 Å². The van der Waals surface area contributed by atoms with Gasteiger partial charge in [-0.15, -0.1) is 0 Å². The molecule has 4 nitrogen and oxygen atoms in total. The fraction of sp³-hybridized carbons (Fsp3) is 0.222. The van der Waals surface area contributed by atoms with E-state index < -0.39 is 12.0 Å². The number of hydrogen-bond donors (Lipinski definition) is 3. The van der Waals surface area contributed by atoms with E-state index in [4.69, 9.17) is 10.8 Å². The maximum absolute atomic E-state index is 10.9. The van der Waals surface area contributed by atoms with Crippen LogP contribution in [0.5, 0.6) is 5.75 Å². The summed E-state index contributed by atoms with van der Waals surface area (Å²) in [4.78, 5) is 10.9. The van der Waals surface area contributed by atoms with Crippen molar-refractivity contribution < 1.29 is 14.1 Å². The van der Waals surface area contributed by atoms with Crippen LogP contribution < -0.4 is 5.73 Å². The van der Waals surface area contributed by atoms with Crippen LogP contribution in [-0.2, 0) is 15.4 Å². The molecule has 1 aromatic rings. The molecule has 0 spiro atoms. The first-order valence-electron chi connectivity index (χ1n) is 4.02. The van der Waals surface area contributed by atoms with Gasteiger partial charge in [0.05, 0.1) is 0 Å². The molecule has 0 unspecified atom stereocenters. The molecule has 0 saturated carbocycles. The molecule has 0 aliphatic rings. The summed E-state index contributed by atoms with van der Waals surface area (Å²) in [5, 5.41) is 9.01. The molecular formula is C9H11NO3S. The van der Waals surface area contributed by atoms with Crippen LogP contribution in [0.4, 0.5) is 0 Å². The van der Waals surface area contributed by atoms with E-state index in [0.717, 1.165) is 5.56 Å². The molecular weight excluding hydrogens is 202 g/mol. The highest BCUT2D eigenvalue weighted by atomic mass is 32.1. The zero-order valence-corrected chi connectivity index (χ0v) is 8.28. The minimum absolute atomic E-state index is 0.180. The van der Waals surface area contributed by atoms with Gasteiger partial charge < -0.3 is 15.0 Å². The van der Waals surface area contributed by atoms with Crippen molar-refractivity contribution in [2.75, 3.05) is 0 Å². The minimum Gasteiger partial charge on any atom is -0.508 e. The molecule has 0 fully saturated rings. The first kappa shape index (κ1) is 10.9. The van der Waals surface area contributed by atoms with Crippen molar-refractivity contribution in [3.05, 3.63) is 29.8 Å². The molecule has 0 bridgehead atoms. The first-order valence-corrected chi connectivity index (χ1v) is 4.38. The van der Waals surface area contributed by atoms with Crippen LogP contribution in [0.25, 0.3) is 0 Å². The standard InChI is InChI=1S/C9H11NO3S/c10-8(9(12)13-14)5-6-1-3-7(11)4-2-6/h1-4,8,11,14H,5,10H2/t8-/m0/s1. The van der Waals surface area contributed by atoms with Crippen LogP contribution in [0.3, 0.4) is 0 Å². The van der Waals surface area contributed by atoms with Gasteiger partial charge in [-0.25, -0.2) is 4.79 Å². The predicted molar refractivity (Wildman–Crippen MR) is 54.9 cm³/mol. The summed E-state index contributed by atoms with van der Waals surface area (Å²) in [6.45, 7) is 0. The van der Waals surface area contributed by atoms with Crippen molar-refractivity contribution in [2.45, 2.75) is 12.5 Å². The summed E-state index contributed by atoms with van der Waals surface area (Å²) in [5.41, 5.74) is 6.37. The Labute approximate surface area is 87.3 Å². The molecule has 0 aliphatic carbocycles. The number of phenolic OH excluding ortho intramolecular Hbond substituents is 1. The van der Waals surface area contributed by atoms with E-state index in [-0.39, 0.29) is 5.75 Å². The average molecular weight is 213 g/mol. The highest BCUT2D eigenvalue weighted by molar-refractivity contribution is 7.75. The lowest BCUT2D eigenvalue weighted by Crippen LogP contribution is -2.32. The third kappa shape index (κ3) is 2.93. The summed E-state index contributed by atoms with van der Waals surface area (Å²) < 4.78 is 4.19. The van der Waals surface area contributed by atoms with Crippen LogP contribution in [0.1, 0.15) is 5.56 Å². The maximum Gasteiger partial charge on any atom is 0.335 e. The third-order valence-electron chi connectivity index (χ3n) is 1.78. The van der Waals surface area contributed by atoms with Crippen LogP contribution >= 0.6 is 12.9 Å². The maximum atomic E-state index is 10.9. The van der Waals surface area contributed by atoms with Crippen molar-refractivity contribution in [3.8, 4) is 5.75 Å². The van der Waals surface area contributed by atoms with Crippen molar-refractivity contribution in [2.24, 2.45) is 5.73 Å². The van der Waals surface area contributed by atoms with Crippen LogP contribution in [0.2, 0.25) is 0 Å². The van der Waals surface area contributed by atoms with E-state index >= 15 is 0 Å². The molecule has 1 aromatic carbocycles. The lowest BCUT2D eigenvalue weighted by molar-refractivity contribution is -0.134. The van der Waals surface area contributed by atoms with Crippen LogP contribution in [-0.4, -0.2) is 17.1 Å². The zero-order valence-electron chi connectivity index (χ0n) is 7.38. The van der Waals surface area contributed by atoms with E-state index in [9.17, 15) is 4.79 Å². The average Bonchev–Trinajstić information content (AvgIpc) is 2.20. The Kier molecular flexibility index (Phi) is 3.79. The van der Waals surface area contributed by atoms with Crippen LogP contribution in [0.15, 0.2) is 24.3 Å². The molecule has 0 aromatic heterocycles. The zero-order chi connectivity index (χ0) is 10.6. The Hall–Kier alpha value is -1.20. The molecule has 0 radical (unpaired) electrons. The van der Waals surface area contributed by atoms with Gasteiger partial charge >= 0.3 is 5.97 Å². The normalized spacial score (nSPS) is 12.1. The van der Waals surface area contributed by atoms with Gasteiger partial charge in [0.1, 0.15) is 11.8 Å². The number of nitrogens with two attached hydrogens (primary N) is 1. The largest absolute Gasteiger partial charge is 0.508 e. The number of aromatic hydroxyl groups is 1. The highest BCUT2D eigenvalue weighted by Gasteiger charge is 2.14. The van der Waals surface area contributed by atoms with E-state index in [2.05, 4.69) is 17.1 Å². The van der Waals surface area contributed by atoms with Gasteiger partial charge in [0.25, 0.3) is 0 Å². The Bertz CT molecular complexity index is 312. The summed E-state index contributed by atoms with van der Waals surface area (Å²) in [6.07, 6.45) is 0.361. The first-order chi connectivity index (χ1) is 6.63. The molecule has 0 aliphatic heterocycles. The second-order valence-corrected chi connectivity index (χ2v) is 3.07. The number of phenols is 1. The smallest absolute Gasteiger partial charge is 0.335 e. The number of thiol groups is 1. The van der Waals surface area contributed by atoms with Crippen molar-refractivity contribution >= 4 is 18.9 Å². The van der Waals surface area contributed by atoms with Crippen molar-refractivity contribution in [3.63, 3.8) is 0 Å².